The standard InChI is InChI=1S/C22H27NO7S/c1-16(2)29-22(25)20-10-5-6-11-21(20)31(26,27)30-19-9-7-8-18(14-19)15-23(17(3)24)12-13-28-4/h5-11,14,16H,12-13,15H2,1-4H3. The second kappa shape index (κ2) is 10.9. The fourth-order valence-electron chi connectivity index (χ4n) is 2.77. The number of methoxy groups -OCH3 is 1. The van der Waals surface area contributed by atoms with Crippen molar-refractivity contribution >= 4 is 22.0 Å². The highest BCUT2D eigenvalue weighted by atomic mass is 32.2. The van der Waals surface area contributed by atoms with Gasteiger partial charge >= 0.3 is 16.1 Å². The minimum absolute atomic E-state index is 0.0692. The van der Waals surface area contributed by atoms with Crippen LogP contribution in [0.2, 0.25) is 0 Å². The molecule has 0 fully saturated rings. The molecule has 0 saturated heterocycles. The summed E-state index contributed by atoms with van der Waals surface area (Å²) in [6.07, 6.45) is -0.400. The highest BCUT2D eigenvalue weighted by Crippen LogP contribution is 2.24. The summed E-state index contributed by atoms with van der Waals surface area (Å²) in [5.74, 6) is -0.810. The number of benzene rings is 2. The van der Waals surface area contributed by atoms with Crippen LogP contribution >= 0.6 is 0 Å². The van der Waals surface area contributed by atoms with Crippen molar-refractivity contribution in [1.29, 1.82) is 0 Å². The third-order valence-corrected chi connectivity index (χ3v) is 5.51. The van der Waals surface area contributed by atoms with Gasteiger partial charge in [0.15, 0.2) is 0 Å². The molecule has 9 heteroatoms. The monoisotopic (exact) mass is 449 g/mol. The van der Waals surface area contributed by atoms with Crippen molar-refractivity contribution in [2.75, 3.05) is 20.3 Å². The van der Waals surface area contributed by atoms with E-state index in [0.717, 1.165) is 0 Å². The van der Waals surface area contributed by atoms with Crippen LogP contribution < -0.4 is 4.18 Å². The third kappa shape index (κ3) is 7.08. The minimum Gasteiger partial charge on any atom is -0.459 e. The maximum atomic E-state index is 12.9. The zero-order valence-corrected chi connectivity index (χ0v) is 18.8. The van der Waals surface area contributed by atoms with Crippen LogP contribution in [0.4, 0.5) is 0 Å². The van der Waals surface area contributed by atoms with Crippen molar-refractivity contribution in [2.24, 2.45) is 0 Å². The molecule has 31 heavy (non-hydrogen) atoms. The van der Waals surface area contributed by atoms with Gasteiger partial charge in [0.1, 0.15) is 10.6 Å². The van der Waals surface area contributed by atoms with E-state index in [4.69, 9.17) is 13.7 Å². The van der Waals surface area contributed by atoms with Gasteiger partial charge in [0.05, 0.1) is 18.3 Å². The quantitative estimate of drug-likeness (QED) is 0.406. The van der Waals surface area contributed by atoms with Gasteiger partial charge in [-0.3, -0.25) is 4.79 Å². The van der Waals surface area contributed by atoms with Crippen molar-refractivity contribution in [3.63, 3.8) is 0 Å². The van der Waals surface area contributed by atoms with E-state index in [9.17, 15) is 18.0 Å². The molecule has 8 nitrogen and oxygen atoms in total. The number of rotatable bonds is 10. The average Bonchev–Trinajstić information content (AvgIpc) is 2.70. The van der Waals surface area contributed by atoms with Gasteiger partial charge in [-0.15, -0.1) is 0 Å². The van der Waals surface area contributed by atoms with Crippen molar-refractivity contribution < 1.29 is 31.7 Å². The summed E-state index contributed by atoms with van der Waals surface area (Å²) in [4.78, 5) is 25.4. The Balaban J connectivity index is 2.26. The Bertz CT molecular complexity index is 1020. The van der Waals surface area contributed by atoms with Gasteiger partial charge in [-0.25, -0.2) is 4.79 Å². The van der Waals surface area contributed by atoms with Crippen molar-refractivity contribution in [3.05, 3.63) is 59.7 Å². The minimum atomic E-state index is -4.30. The number of esters is 1. The topological polar surface area (TPSA) is 99.2 Å². The molecule has 2 aromatic rings. The molecular formula is C22H27NO7S. The molecule has 0 spiro atoms. The number of nitrogens with zero attached hydrogens (tertiary/aromatic N) is 1. The lowest BCUT2D eigenvalue weighted by molar-refractivity contribution is -0.130. The molecule has 0 saturated carbocycles. The largest absolute Gasteiger partial charge is 0.459 e. The smallest absolute Gasteiger partial charge is 0.340 e. The molecule has 0 aliphatic rings. The number of hydrogen-bond donors (Lipinski definition) is 0. The molecule has 0 unspecified atom stereocenters. The molecule has 2 aromatic carbocycles. The van der Waals surface area contributed by atoms with E-state index in [1.165, 1.54) is 37.3 Å². The van der Waals surface area contributed by atoms with Crippen LogP contribution in [-0.4, -0.2) is 51.6 Å². The van der Waals surface area contributed by atoms with Gasteiger partial charge in [0.2, 0.25) is 5.91 Å². The Morgan fingerprint density at radius 1 is 1.06 bits per heavy atom. The van der Waals surface area contributed by atoms with Crippen molar-refractivity contribution in [2.45, 2.75) is 38.3 Å². The number of carbonyl (C=O) groups is 2. The number of ether oxygens (including phenoxy) is 2. The van der Waals surface area contributed by atoms with Gasteiger partial charge in [0, 0.05) is 27.1 Å². The summed E-state index contributed by atoms with van der Waals surface area (Å²) >= 11 is 0. The van der Waals surface area contributed by atoms with E-state index in [2.05, 4.69) is 0 Å². The SMILES string of the molecule is COCCN(Cc1cccc(OS(=O)(=O)c2ccccc2C(=O)OC(C)C)c1)C(C)=O. The first-order valence-electron chi connectivity index (χ1n) is 9.72. The van der Waals surface area contributed by atoms with Gasteiger partial charge < -0.3 is 18.6 Å². The van der Waals surface area contributed by atoms with E-state index in [1.54, 1.807) is 44.1 Å². The molecule has 2 rings (SSSR count). The van der Waals surface area contributed by atoms with E-state index in [1.807, 2.05) is 0 Å². The maximum Gasteiger partial charge on any atom is 0.340 e. The molecule has 0 atom stereocenters. The van der Waals surface area contributed by atoms with Gasteiger partial charge in [-0.05, 0) is 43.7 Å². The molecule has 0 radical (unpaired) electrons. The molecule has 0 aliphatic heterocycles. The first kappa shape index (κ1) is 24.4. The summed E-state index contributed by atoms with van der Waals surface area (Å²) in [7, 11) is -2.75. The Morgan fingerprint density at radius 3 is 2.42 bits per heavy atom. The highest BCUT2D eigenvalue weighted by Gasteiger charge is 2.25. The second-order valence-corrected chi connectivity index (χ2v) is 8.58. The lowest BCUT2D eigenvalue weighted by atomic mass is 10.2. The molecule has 168 valence electrons. The van der Waals surface area contributed by atoms with Crippen molar-refractivity contribution in [1.82, 2.24) is 4.90 Å². The Kier molecular flexibility index (Phi) is 8.58. The Hall–Kier alpha value is -2.91. The van der Waals surface area contributed by atoms with E-state index in [0.29, 0.717) is 18.7 Å². The first-order valence-corrected chi connectivity index (χ1v) is 11.1. The third-order valence-electron chi connectivity index (χ3n) is 4.21. The lowest BCUT2D eigenvalue weighted by Gasteiger charge is -2.21. The van der Waals surface area contributed by atoms with Crippen LogP contribution in [-0.2, 0) is 30.9 Å². The number of hydrogen-bond acceptors (Lipinski definition) is 7. The fourth-order valence-corrected chi connectivity index (χ4v) is 3.88. The molecule has 0 aliphatic carbocycles. The zero-order valence-electron chi connectivity index (χ0n) is 18.0. The van der Waals surface area contributed by atoms with Gasteiger partial charge in [-0.1, -0.05) is 24.3 Å². The summed E-state index contributed by atoms with van der Waals surface area (Å²) < 4.78 is 41.2. The molecule has 0 heterocycles. The van der Waals surface area contributed by atoms with Crippen LogP contribution in [0.15, 0.2) is 53.4 Å². The first-order chi connectivity index (χ1) is 14.6. The highest BCUT2D eigenvalue weighted by molar-refractivity contribution is 7.87. The normalized spacial score (nSPS) is 11.3. The fraction of sp³-hybridized carbons (Fsp3) is 0.364. The molecule has 1 amide bonds. The summed E-state index contributed by atoms with van der Waals surface area (Å²) in [6.45, 7) is 5.86. The lowest BCUT2D eigenvalue weighted by Crippen LogP contribution is -2.31. The molecule has 0 aromatic heterocycles. The van der Waals surface area contributed by atoms with E-state index < -0.39 is 22.2 Å². The number of carbonyl (C=O) groups excluding carboxylic acids is 2. The molecule has 0 bridgehead atoms. The number of amides is 1. The van der Waals surface area contributed by atoms with E-state index in [-0.39, 0.29) is 28.7 Å². The Labute approximate surface area is 182 Å². The predicted molar refractivity (Wildman–Crippen MR) is 114 cm³/mol. The van der Waals surface area contributed by atoms with Crippen LogP contribution in [0.5, 0.6) is 5.75 Å². The van der Waals surface area contributed by atoms with Crippen molar-refractivity contribution in [3.8, 4) is 5.75 Å². The Morgan fingerprint density at radius 2 is 1.77 bits per heavy atom. The summed E-state index contributed by atoms with van der Waals surface area (Å²) in [5, 5.41) is 0. The maximum absolute atomic E-state index is 12.9. The van der Waals surface area contributed by atoms with Gasteiger partial charge in [0.25, 0.3) is 0 Å². The molecular weight excluding hydrogens is 422 g/mol. The predicted octanol–water partition coefficient (Wildman–Crippen LogP) is 3.01. The average molecular weight is 450 g/mol. The van der Waals surface area contributed by atoms with Gasteiger partial charge in [-0.2, -0.15) is 8.42 Å². The second-order valence-electron chi connectivity index (χ2n) is 7.07. The zero-order chi connectivity index (χ0) is 23.0. The van der Waals surface area contributed by atoms with Crippen LogP contribution in [0, 0.1) is 0 Å². The van der Waals surface area contributed by atoms with Crippen LogP contribution in [0.3, 0.4) is 0 Å². The van der Waals surface area contributed by atoms with Crippen LogP contribution in [0.25, 0.3) is 0 Å². The summed E-state index contributed by atoms with van der Waals surface area (Å²) in [5.41, 5.74) is 0.584. The summed E-state index contributed by atoms with van der Waals surface area (Å²) in [6, 6.07) is 12.1. The van der Waals surface area contributed by atoms with Crippen LogP contribution in [0.1, 0.15) is 36.7 Å². The molecule has 0 N–H and O–H groups in total. The van der Waals surface area contributed by atoms with E-state index >= 15 is 0 Å².